The minimum atomic E-state index is -0.629. The van der Waals surface area contributed by atoms with E-state index in [2.05, 4.69) is 10.3 Å². The number of methoxy groups -OCH3 is 1. The number of amides is 1. The Hall–Kier alpha value is -4.59. The zero-order chi connectivity index (χ0) is 23.9. The van der Waals surface area contributed by atoms with Gasteiger partial charge in [-0.2, -0.15) is 0 Å². The molecule has 0 atom stereocenters. The summed E-state index contributed by atoms with van der Waals surface area (Å²) in [5.41, 5.74) is 2.16. The Kier molecular flexibility index (Phi) is 6.88. The Labute approximate surface area is 195 Å². The number of ether oxygens (including phenoxy) is 3. The van der Waals surface area contributed by atoms with Gasteiger partial charge in [-0.15, -0.1) is 0 Å². The highest BCUT2D eigenvalue weighted by molar-refractivity contribution is 6.09. The van der Waals surface area contributed by atoms with Crippen molar-refractivity contribution in [3.05, 3.63) is 90.1 Å². The minimum Gasteiger partial charge on any atom is -0.497 e. The summed E-state index contributed by atoms with van der Waals surface area (Å²) in [7, 11) is 1.55. The Morgan fingerprint density at radius 3 is 2.47 bits per heavy atom. The van der Waals surface area contributed by atoms with E-state index in [1.165, 1.54) is 12.1 Å². The fourth-order valence-corrected chi connectivity index (χ4v) is 3.33. The van der Waals surface area contributed by atoms with Gasteiger partial charge in [0.15, 0.2) is 13.2 Å². The van der Waals surface area contributed by atoms with Crippen molar-refractivity contribution in [3.8, 4) is 11.5 Å². The minimum absolute atomic E-state index is 0.208. The van der Waals surface area contributed by atoms with Crippen molar-refractivity contribution in [2.45, 2.75) is 0 Å². The number of carbonyl (C=O) groups is 3. The van der Waals surface area contributed by atoms with Crippen LogP contribution in [0.5, 0.6) is 11.5 Å². The van der Waals surface area contributed by atoms with Crippen LogP contribution in [0, 0.1) is 0 Å². The van der Waals surface area contributed by atoms with Gasteiger partial charge in [0.2, 0.25) is 5.78 Å². The Morgan fingerprint density at radius 2 is 1.68 bits per heavy atom. The van der Waals surface area contributed by atoms with Crippen LogP contribution in [0.15, 0.2) is 79.0 Å². The molecule has 8 heteroatoms. The maximum atomic E-state index is 12.5. The number of anilines is 1. The number of para-hydroxylation sites is 1. The summed E-state index contributed by atoms with van der Waals surface area (Å²) in [6.45, 7) is -0.580. The summed E-state index contributed by atoms with van der Waals surface area (Å²) in [6.07, 6.45) is 1.61. The molecule has 0 saturated carbocycles. The first-order valence-corrected chi connectivity index (χ1v) is 10.5. The molecule has 4 aromatic rings. The Balaban J connectivity index is 1.26. The third-order valence-electron chi connectivity index (χ3n) is 5.04. The van der Waals surface area contributed by atoms with Gasteiger partial charge in [0, 0.05) is 34.4 Å². The van der Waals surface area contributed by atoms with E-state index in [9.17, 15) is 14.4 Å². The highest BCUT2D eigenvalue weighted by Crippen LogP contribution is 2.19. The first-order valence-electron chi connectivity index (χ1n) is 10.5. The van der Waals surface area contributed by atoms with Gasteiger partial charge in [-0.25, -0.2) is 4.79 Å². The number of ketones is 1. The molecule has 1 amide bonds. The largest absolute Gasteiger partial charge is 0.497 e. The normalized spacial score (nSPS) is 10.5. The molecular weight excluding hydrogens is 436 g/mol. The zero-order valence-electron chi connectivity index (χ0n) is 18.4. The molecule has 1 aromatic heterocycles. The van der Waals surface area contributed by atoms with Crippen molar-refractivity contribution in [1.82, 2.24) is 4.98 Å². The third kappa shape index (κ3) is 5.42. The third-order valence-corrected chi connectivity index (χ3v) is 5.04. The molecule has 0 unspecified atom stereocenters. The number of aromatic nitrogens is 1. The lowest BCUT2D eigenvalue weighted by atomic mass is 10.1. The fraction of sp³-hybridized carbons (Fsp3) is 0.115. The molecule has 1 heterocycles. The number of fused-ring (bicyclic) bond motifs is 1. The monoisotopic (exact) mass is 458 g/mol. The summed E-state index contributed by atoms with van der Waals surface area (Å²) in [5, 5.41) is 3.49. The fourth-order valence-electron chi connectivity index (χ4n) is 3.33. The van der Waals surface area contributed by atoms with Crippen molar-refractivity contribution < 1.29 is 28.6 Å². The number of benzene rings is 3. The number of hydrogen-bond donors (Lipinski definition) is 2. The number of Topliss-reactive ketones (excluding diaryl/α,β-unsaturated/α-hetero) is 1. The van der Waals surface area contributed by atoms with E-state index in [4.69, 9.17) is 14.2 Å². The van der Waals surface area contributed by atoms with Crippen LogP contribution in [0.1, 0.15) is 20.7 Å². The van der Waals surface area contributed by atoms with E-state index in [-0.39, 0.29) is 30.5 Å². The number of rotatable bonds is 9. The van der Waals surface area contributed by atoms with Gasteiger partial charge < -0.3 is 24.5 Å². The quantitative estimate of drug-likeness (QED) is 0.287. The van der Waals surface area contributed by atoms with Crippen LogP contribution >= 0.6 is 0 Å². The van der Waals surface area contributed by atoms with E-state index in [1.807, 2.05) is 24.3 Å². The van der Waals surface area contributed by atoms with E-state index < -0.39 is 5.97 Å². The summed E-state index contributed by atoms with van der Waals surface area (Å²) >= 11 is 0. The molecular formula is C26H22N2O6. The van der Waals surface area contributed by atoms with Gasteiger partial charge >= 0.3 is 5.97 Å². The number of esters is 1. The van der Waals surface area contributed by atoms with Crippen LogP contribution in [0.2, 0.25) is 0 Å². The van der Waals surface area contributed by atoms with Gasteiger partial charge in [-0.1, -0.05) is 24.3 Å². The van der Waals surface area contributed by atoms with Gasteiger partial charge in [0.1, 0.15) is 11.5 Å². The van der Waals surface area contributed by atoms with Crippen molar-refractivity contribution in [2.24, 2.45) is 0 Å². The number of carbonyl (C=O) groups excluding carboxylic acids is 3. The zero-order valence-corrected chi connectivity index (χ0v) is 18.4. The lowest BCUT2D eigenvalue weighted by Gasteiger charge is -2.09. The number of aromatic amines is 1. The van der Waals surface area contributed by atoms with E-state index in [0.717, 1.165) is 10.9 Å². The molecule has 0 aliphatic heterocycles. The predicted octanol–water partition coefficient (Wildman–Crippen LogP) is 4.23. The molecule has 3 aromatic carbocycles. The highest BCUT2D eigenvalue weighted by atomic mass is 16.5. The van der Waals surface area contributed by atoms with Gasteiger partial charge in [0.05, 0.1) is 12.7 Å². The van der Waals surface area contributed by atoms with Gasteiger partial charge in [0.25, 0.3) is 5.91 Å². The standard InChI is InChI=1S/C26H22N2O6/c1-32-20-6-4-5-18(13-20)28-25(30)16-33-19-11-9-17(10-12-19)26(31)34-15-24(29)22-14-27-23-8-3-2-7-21(22)23/h2-14,27H,15-16H2,1H3,(H,28,30). The topological polar surface area (TPSA) is 107 Å². The number of H-pyrrole nitrogens is 1. The van der Waals surface area contributed by atoms with Crippen LogP contribution in [0.25, 0.3) is 10.9 Å². The first kappa shape index (κ1) is 22.6. The molecule has 8 nitrogen and oxygen atoms in total. The molecule has 0 fully saturated rings. The van der Waals surface area contributed by atoms with E-state index in [1.54, 1.807) is 49.7 Å². The maximum Gasteiger partial charge on any atom is 0.338 e. The molecule has 34 heavy (non-hydrogen) atoms. The second-order valence-corrected chi connectivity index (χ2v) is 7.34. The molecule has 0 radical (unpaired) electrons. The molecule has 2 N–H and O–H groups in total. The van der Waals surface area contributed by atoms with E-state index >= 15 is 0 Å². The van der Waals surface area contributed by atoms with Gasteiger partial charge in [-0.3, -0.25) is 9.59 Å². The van der Waals surface area contributed by atoms with Crippen molar-refractivity contribution in [3.63, 3.8) is 0 Å². The summed E-state index contributed by atoms with van der Waals surface area (Å²) < 4.78 is 15.8. The van der Waals surface area contributed by atoms with Crippen molar-refractivity contribution in [1.29, 1.82) is 0 Å². The van der Waals surface area contributed by atoms with E-state index in [0.29, 0.717) is 22.7 Å². The molecule has 0 aliphatic rings. The smallest absolute Gasteiger partial charge is 0.338 e. The van der Waals surface area contributed by atoms with Crippen LogP contribution in [0.4, 0.5) is 5.69 Å². The summed E-state index contributed by atoms with van der Waals surface area (Å²) in [5.74, 6) is -0.229. The van der Waals surface area contributed by atoms with Crippen LogP contribution in [0.3, 0.4) is 0 Å². The second kappa shape index (κ2) is 10.4. The van der Waals surface area contributed by atoms with Gasteiger partial charge in [-0.05, 0) is 42.5 Å². The molecule has 4 rings (SSSR count). The average molecular weight is 458 g/mol. The van der Waals surface area contributed by atoms with Crippen LogP contribution in [-0.2, 0) is 9.53 Å². The van der Waals surface area contributed by atoms with Crippen LogP contribution < -0.4 is 14.8 Å². The number of nitrogens with one attached hydrogen (secondary N) is 2. The second-order valence-electron chi connectivity index (χ2n) is 7.34. The molecule has 0 saturated heterocycles. The molecule has 0 aliphatic carbocycles. The highest BCUT2D eigenvalue weighted by Gasteiger charge is 2.15. The number of hydrogen-bond acceptors (Lipinski definition) is 6. The SMILES string of the molecule is COc1cccc(NC(=O)COc2ccc(C(=O)OCC(=O)c3c[nH]c4ccccc34)cc2)c1. The Morgan fingerprint density at radius 1 is 0.882 bits per heavy atom. The molecule has 0 spiro atoms. The van der Waals surface area contributed by atoms with Crippen LogP contribution in [-0.4, -0.2) is 43.0 Å². The lowest BCUT2D eigenvalue weighted by molar-refractivity contribution is -0.118. The lowest BCUT2D eigenvalue weighted by Crippen LogP contribution is -2.20. The molecule has 0 bridgehead atoms. The van der Waals surface area contributed by atoms with Crippen molar-refractivity contribution in [2.75, 3.05) is 25.6 Å². The van der Waals surface area contributed by atoms with Crippen molar-refractivity contribution >= 4 is 34.3 Å². The summed E-state index contributed by atoms with van der Waals surface area (Å²) in [6, 6.07) is 20.5. The Bertz CT molecular complexity index is 1330. The first-order chi connectivity index (χ1) is 16.5. The maximum absolute atomic E-state index is 12.5. The summed E-state index contributed by atoms with van der Waals surface area (Å²) in [4.78, 5) is 39.9. The molecule has 172 valence electrons. The average Bonchev–Trinajstić information content (AvgIpc) is 3.30. The predicted molar refractivity (Wildman–Crippen MR) is 126 cm³/mol.